The number of carbonyl (C=O) groups is 3. The van der Waals surface area contributed by atoms with Crippen LogP contribution in [0.1, 0.15) is 34.9 Å². The van der Waals surface area contributed by atoms with Crippen molar-refractivity contribution in [2.45, 2.75) is 25.0 Å². The Labute approximate surface area is 197 Å². The number of aliphatic hydroxyl groups is 1. The number of ether oxygens (including phenoxy) is 3. The van der Waals surface area contributed by atoms with E-state index in [-0.39, 0.29) is 13.2 Å². The highest BCUT2D eigenvalue weighted by atomic mass is 16.6. The van der Waals surface area contributed by atoms with Crippen LogP contribution in [0, 0.1) is 0 Å². The van der Waals surface area contributed by atoms with E-state index in [4.69, 9.17) is 24.5 Å². The summed E-state index contributed by atoms with van der Waals surface area (Å²) < 4.78 is 16.5. The summed E-state index contributed by atoms with van der Waals surface area (Å²) in [5, 5.41) is 19.7. The quantitative estimate of drug-likeness (QED) is 0.210. The van der Waals surface area contributed by atoms with Crippen LogP contribution in [0.2, 0.25) is 0 Å². The molecule has 0 aliphatic carbocycles. The number of benzene rings is 2. The molecule has 0 saturated heterocycles. The summed E-state index contributed by atoms with van der Waals surface area (Å²) in [5.41, 5.74) is 2.39. The van der Waals surface area contributed by atoms with Gasteiger partial charge in [0, 0.05) is 18.7 Å². The van der Waals surface area contributed by atoms with Gasteiger partial charge in [0.2, 0.25) is 0 Å². The number of hydroxylamine groups is 1. The summed E-state index contributed by atoms with van der Waals surface area (Å²) in [7, 11) is 1.46. The molecule has 2 atom stereocenters. The molecule has 0 radical (unpaired) electrons. The minimum absolute atomic E-state index is 0.128. The Morgan fingerprint density at radius 3 is 2.38 bits per heavy atom. The van der Waals surface area contributed by atoms with Crippen molar-refractivity contribution in [3.8, 4) is 5.75 Å². The van der Waals surface area contributed by atoms with Crippen molar-refractivity contribution < 1.29 is 38.9 Å². The number of nitrogens with one attached hydrogen (secondary N) is 2. The number of aliphatic hydroxyl groups excluding tert-OH is 1. The first-order valence-corrected chi connectivity index (χ1v) is 10.5. The Hall–Kier alpha value is -3.73. The minimum Gasteiger partial charge on any atom is -0.491 e. The molecule has 182 valence electrons. The zero-order chi connectivity index (χ0) is 24.8. The molecule has 4 N–H and O–H groups in total. The second kappa shape index (κ2) is 14.4. The van der Waals surface area contributed by atoms with Gasteiger partial charge in [0.25, 0.3) is 11.8 Å². The monoisotopic (exact) mass is 472 g/mol. The van der Waals surface area contributed by atoms with Crippen molar-refractivity contribution >= 4 is 17.9 Å². The molecule has 0 saturated carbocycles. The Kier molecular flexibility index (Phi) is 11.3. The van der Waals surface area contributed by atoms with Crippen LogP contribution in [0.5, 0.6) is 5.75 Å². The zero-order valence-electron chi connectivity index (χ0n) is 18.7. The maximum Gasteiger partial charge on any atom is 0.414 e. The third-order valence-corrected chi connectivity index (χ3v) is 4.69. The van der Waals surface area contributed by atoms with Crippen LogP contribution in [0.3, 0.4) is 0 Å². The number of hydrogen-bond donors (Lipinski definition) is 4. The lowest BCUT2D eigenvalue weighted by Gasteiger charge is -2.26. The molecule has 2 aromatic rings. The van der Waals surface area contributed by atoms with E-state index in [1.165, 1.54) is 18.7 Å². The van der Waals surface area contributed by atoms with E-state index in [0.29, 0.717) is 29.7 Å². The molecule has 10 heteroatoms. The summed E-state index contributed by atoms with van der Waals surface area (Å²) in [5.74, 6) is -0.754. The van der Waals surface area contributed by atoms with Gasteiger partial charge < -0.3 is 19.3 Å². The highest BCUT2D eigenvalue weighted by Crippen LogP contribution is 2.28. The number of imide groups is 1. The van der Waals surface area contributed by atoms with Crippen LogP contribution in [0.25, 0.3) is 0 Å². The Morgan fingerprint density at radius 1 is 1.06 bits per heavy atom. The van der Waals surface area contributed by atoms with Gasteiger partial charge in [-0.25, -0.2) is 10.3 Å². The number of amides is 3. The number of allylic oxidation sites excluding steroid dienone is 1. The minimum atomic E-state index is -0.947. The van der Waals surface area contributed by atoms with Crippen molar-refractivity contribution in [3.05, 3.63) is 77.9 Å². The summed E-state index contributed by atoms with van der Waals surface area (Å²) in [6, 6.07) is 14.9. The van der Waals surface area contributed by atoms with Crippen LogP contribution < -0.4 is 15.5 Å². The molecule has 0 bridgehead atoms. The molecule has 2 aromatic carbocycles. The number of alkyl carbamates (subject to hydrolysis) is 1. The third-order valence-electron chi connectivity index (χ3n) is 4.69. The van der Waals surface area contributed by atoms with Gasteiger partial charge in [-0.2, -0.15) is 0 Å². The summed E-state index contributed by atoms with van der Waals surface area (Å²) in [6.45, 7) is 0.00833. The average molecular weight is 472 g/mol. The molecule has 2 rings (SSSR count). The number of rotatable bonds is 12. The number of carbonyl (C=O) groups excluding carboxylic acids is 3. The van der Waals surface area contributed by atoms with E-state index < -0.39 is 30.1 Å². The van der Waals surface area contributed by atoms with Gasteiger partial charge in [-0.05, 0) is 42.7 Å². The molecule has 0 spiro atoms. The lowest BCUT2D eigenvalue weighted by molar-refractivity contribution is -0.124. The standard InChI is InChI=1S/C24H28N2O8/c1-32-20(9-5-6-10-21(28)26-31)22(17-11-13-19(14-12-17)33-16-15-27)34-24(30)25-23(29)18-7-3-2-4-8-18/h2-4,6-8,10-14,20,22,27,31H,5,9,15-16H2,1H3,(H,26,28)(H,25,29,30)/b10-6+/t20-,22-/m1/s1. The predicted octanol–water partition coefficient (Wildman–Crippen LogP) is 2.52. The smallest absolute Gasteiger partial charge is 0.414 e. The van der Waals surface area contributed by atoms with Crippen LogP contribution >= 0.6 is 0 Å². The molecule has 0 unspecified atom stereocenters. The van der Waals surface area contributed by atoms with E-state index in [2.05, 4.69) is 5.32 Å². The van der Waals surface area contributed by atoms with Crippen LogP contribution in [0.15, 0.2) is 66.7 Å². The predicted molar refractivity (Wildman–Crippen MR) is 121 cm³/mol. The van der Waals surface area contributed by atoms with Crippen LogP contribution in [0.4, 0.5) is 4.79 Å². The van der Waals surface area contributed by atoms with Crippen molar-refractivity contribution in [1.82, 2.24) is 10.8 Å². The van der Waals surface area contributed by atoms with Gasteiger partial charge >= 0.3 is 6.09 Å². The molecule has 3 amide bonds. The molecule has 34 heavy (non-hydrogen) atoms. The van der Waals surface area contributed by atoms with Gasteiger partial charge in [0.1, 0.15) is 12.4 Å². The van der Waals surface area contributed by atoms with Crippen molar-refractivity contribution in [2.24, 2.45) is 0 Å². The summed E-state index contributed by atoms with van der Waals surface area (Å²) >= 11 is 0. The highest BCUT2D eigenvalue weighted by Gasteiger charge is 2.27. The van der Waals surface area contributed by atoms with Crippen LogP contribution in [-0.4, -0.2) is 54.6 Å². The van der Waals surface area contributed by atoms with Gasteiger partial charge in [0.05, 0.1) is 12.7 Å². The first-order chi connectivity index (χ1) is 16.5. The number of hydrogen-bond acceptors (Lipinski definition) is 8. The molecular weight excluding hydrogens is 444 g/mol. The summed E-state index contributed by atoms with van der Waals surface area (Å²) in [6.07, 6.45) is 0.995. The topological polar surface area (TPSA) is 143 Å². The lowest BCUT2D eigenvalue weighted by Crippen LogP contribution is -2.35. The maximum atomic E-state index is 12.5. The fourth-order valence-electron chi connectivity index (χ4n) is 3.06. The van der Waals surface area contributed by atoms with Crippen molar-refractivity contribution in [2.75, 3.05) is 20.3 Å². The van der Waals surface area contributed by atoms with Gasteiger partial charge in [0.15, 0.2) is 6.10 Å². The number of methoxy groups -OCH3 is 1. The fourth-order valence-corrected chi connectivity index (χ4v) is 3.06. The molecule has 0 fully saturated rings. The Morgan fingerprint density at radius 2 is 1.76 bits per heavy atom. The van der Waals surface area contributed by atoms with Crippen molar-refractivity contribution in [1.29, 1.82) is 0 Å². The molecule has 0 aliphatic heterocycles. The van der Waals surface area contributed by atoms with E-state index >= 15 is 0 Å². The van der Waals surface area contributed by atoms with Gasteiger partial charge in [-0.1, -0.05) is 36.4 Å². The fraction of sp³-hybridized carbons (Fsp3) is 0.292. The van der Waals surface area contributed by atoms with E-state index in [1.54, 1.807) is 60.7 Å². The lowest BCUT2D eigenvalue weighted by atomic mass is 10.00. The van der Waals surface area contributed by atoms with E-state index in [0.717, 1.165) is 0 Å². The highest BCUT2D eigenvalue weighted by molar-refractivity contribution is 6.02. The SMILES string of the molecule is CO[C@H](CC/C=C/C(=O)NO)[C@H](OC(=O)NC(=O)c1ccccc1)c1ccc(OCCO)cc1. The second-order valence-corrected chi connectivity index (χ2v) is 7.02. The first-order valence-electron chi connectivity index (χ1n) is 10.5. The largest absolute Gasteiger partial charge is 0.491 e. The third kappa shape index (κ3) is 8.66. The van der Waals surface area contributed by atoms with Crippen molar-refractivity contribution in [3.63, 3.8) is 0 Å². The molecule has 0 heterocycles. The molecular formula is C24H28N2O8. The van der Waals surface area contributed by atoms with Gasteiger partial charge in [-0.3, -0.25) is 20.1 Å². The normalized spacial score (nSPS) is 12.6. The Balaban J connectivity index is 2.16. The van der Waals surface area contributed by atoms with Gasteiger partial charge in [-0.15, -0.1) is 0 Å². The zero-order valence-corrected chi connectivity index (χ0v) is 18.7. The van der Waals surface area contributed by atoms with E-state index in [9.17, 15) is 14.4 Å². The average Bonchev–Trinajstić information content (AvgIpc) is 2.87. The van der Waals surface area contributed by atoms with E-state index in [1.807, 2.05) is 0 Å². The van der Waals surface area contributed by atoms with Crippen LogP contribution in [-0.2, 0) is 14.3 Å². The Bertz CT molecular complexity index is 947. The first kappa shape index (κ1) is 26.5. The summed E-state index contributed by atoms with van der Waals surface area (Å²) in [4.78, 5) is 36.0. The second-order valence-electron chi connectivity index (χ2n) is 7.02. The molecule has 10 nitrogen and oxygen atoms in total. The maximum absolute atomic E-state index is 12.5. The molecule has 0 aliphatic rings. The molecule has 0 aromatic heterocycles.